The zero-order valence-corrected chi connectivity index (χ0v) is 10.4. The highest BCUT2D eigenvalue weighted by Crippen LogP contribution is 2.17. The third-order valence-corrected chi connectivity index (χ3v) is 3.24. The van der Waals surface area contributed by atoms with Crippen LogP contribution < -0.4 is 4.74 Å². The minimum absolute atomic E-state index is 0.00854. The molecular formula is C14H19NO3. The lowest BCUT2D eigenvalue weighted by atomic mass is 10.2. The Morgan fingerprint density at radius 3 is 2.89 bits per heavy atom. The standard InChI is InChI=1S/C14H19NO3/c16-11-12-5-4-9-15(12)14(17)8-10-18-13-6-2-1-3-7-13/h1-3,6-7,12,16H,4-5,8-11H2. The number of para-hydroxylation sites is 1. The topological polar surface area (TPSA) is 49.8 Å². The van der Waals surface area contributed by atoms with Gasteiger partial charge in [-0.2, -0.15) is 0 Å². The SMILES string of the molecule is O=C(CCOc1ccccc1)N1CCCC1CO. The lowest BCUT2D eigenvalue weighted by Crippen LogP contribution is -2.38. The molecule has 0 aliphatic carbocycles. The first-order valence-corrected chi connectivity index (χ1v) is 6.39. The Bertz CT molecular complexity index is 380. The monoisotopic (exact) mass is 249 g/mol. The van der Waals surface area contributed by atoms with Crippen molar-refractivity contribution in [3.8, 4) is 5.75 Å². The fraction of sp³-hybridized carbons (Fsp3) is 0.500. The number of carbonyl (C=O) groups is 1. The van der Waals surface area contributed by atoms with Crippen molar-refractivity contribution in [2.24, 2.45) is 0 Å². The van der Waals surface area contributed by atoms with Crippen molar-refractivity contribution in [1.82, 2.24) is 4.90 Å². The fourth-order valence-corrected chi connectivity index (χ4v) is 2.27. The van der Waals surface area contributed by atoms with E-state index in [9.17, 15) is 4.79 Å². The molecule has 18 heavy (non-hydrogen) atoms. The number of hydrogen-bond acceptors (Lipinski definition) is 3. The van der Waals surface area contributed by atoms with E-state index in [0.717, 1.165) is 25.1 Å². The number of nitrogens with zero attached hydrogens (tertiary/aromatic N) is 1. The van der Waals surface area contributed by atoms with E-state index in [1.165, 1.54) is 0 Å². The van der Waals surface area contributed by atoms with Gasteiger partial charge in [0, 0.05) is 6.54 Å². The Morgan fingerprint density at radius 2 is 2.17 bits per heavy atom. The van der Waals surface area contributed by atoms with Gasteiger partial charge in [-0.25, -0.2) is 0 Å². The van der Waals surface area contributed by atoms with Crippen molar-refractivity contribution in [3.63, 3.8) is 0 Å². The highest BCUT2D eigenvalue weighted by Gasteiger charge is 2.27. The summed E-state index contributed by atoms with van der Waals surface area (Å²) < 4.78 is 5.50. The minimum Gasteiger partial charge on any atom is -0.493 e. The van der Waals surface area contributed by atoms with Gasteiger partial charge in [0.15, 0.2) is 0 Å². The molecule has 1 atom stereocenters. The molecule has 1 saturated heterocycles. The van der Waals surface area contributed by atoms with Crippen LogP contribution in [0, 0.1) is 0 Å². The number of carbonyl (C=O) groups excluding carboxylic acids is 1. The van der Waals surface area contributed by atoms with Crippen LogP contribution >= 0.6 is 0 Å². The summed E-state index contributed by atoms with van der Waals surface area (Å²) in [7, 11) is 0. The maximum Gasteiger partial charge on any atom is 0.226 e. The van der Waals surface area contributed by atoms with Gasteiger partial charge in [0.1, 0.15) is 5.75 Å². The van der Waals surface area contributed by atoms with Crippen LogP contribution in [0.4, 0.5) is 0 Å². The van der Waals surface area contributed by atoms with Crippen LogP contribution in [0.5, 0.6) is 5.75 Å². The Hall–Kier alpha value is -1.55. The normalized spacial score (nSPS) is 18.9. The van der Waals surface area contributed by atoms with Crippen LogP contribution in [0.3, 0.4) is 0 Å². The van der Waals surface area contributed by atoms with Gasteiger partial charge in [-0.05, 0) is 25.0 Å². The predicted molar refractivity (Wildman–Crippen MR) is 68.4 cm³/mol. The molecule has 1 aliphatic heterocycles. The molecule has 0 bridgehead atoms. The summed E-state index contributed by atoms with van der Waals surface area (Å²) >= 11 is 0. The highest BCUT2D eigenvalue weighted by molar-refractivity contribution is 5.77. The first-order valence-electron chi connectivity index (χ1n) is 6.39. The van der Waals surface area contributed by atoms with Crippen LogP contribution in [0.25, 0.3) is 0 Å². The maximum absolute atomic E-state index is 11.9. The smallest absolute Gasteiger partial charge is 0.226 e. The number of aliphatic hydroxyl groups is 1. The molecule has 1 amide bonds. The Morgan fingerprint density at radius 1 is 1.39 bits per heavy atom. The summed E-state index contributed by atoms with van der Waals surface area (Å²) in [5.41, 5.74) is 0. The Balaban J connectivity index is 1.75. The van der Waals surface area contributed by atoms with Crippen molar-refractivity contribution >= 4 is 5.91 Å². The molecule has 4 nitrogen and oxygen atoms in total. The van der Waals surface area contributed by atoms with E-state index < -0.39 is 0 Å². The van der Waals surface area contributed by atoms with Crippen molar-refractivity contribution in [2.75, 3.05) is 19.8 Å². The number of likely N-dealkylation sites (tertiary alicyclic amines) is 1. The molecule has 1 heterocycles. The minimum atomic E-state index is 0.00854. The summed E-state index contributed by atoms with van der Waals surface area (Å²) in [4.78, 5) is 13.7. The lowest BCUT2D eigenvalue weighted by molar-refractivity contribution is -0.133. The second-order valence-corrected chi connectivity index (χ2v) is 4.48. The van der Waals surface area contributed by atoms with Gasteiger partial charge in [-0.3, -0.25) is 4.79 Å². The largest absolute Gasteiger partial charge is 0.493 e. The quantitative estimate of drug-likeness (QED) is 0.859. The summed E-state index contributed by atoms with van der Waals surface area (Å²) in [6.45, 7) is 1.21. The zero-order chi connectivity index (χ0) is 12.8. The van der Waals surface area contributed by atoms with Gasteiger partial charge in [0.25, 0.3) is 0 Å². The average molecular weight is 249 g/mol. The van der Waals surface area contributed by atoms with Gasteiger partial charge in [-0.1, -0.05) is 18.2 Å². The molecule has 4 heteroatoms. The molecule has 0 radical (unpaired) electrons. The molecule has 1 aromatic rings. The zero-order valence-electron chi connectivity index (χ0n) is 10.4. The number of amides is 1. The van der Waals surface area contributed by atoms with Gasteiger partial charge in [-0.15, -0.1) is 0 Å². The van der Waals surface area contributed by atoms with E-state index in [-0.39, 0.29) is 18.6 Å². The second kappa shape index (κ2) is 6.40. The molecule has 1 N–H and O–H groups in total. The van der Waals surface area contributed by atoms with Crippen molar-refractivity contribution in [2.45, 2.75) is 25.3 Å². The number of benzene rings is 1. The third-order valence-electron chi connectivity index (χ3n) is 3.24. The van der Waals surface area contributed by atoms with Crippen molar-refractivity contribution in [1.29, 1.82) is 0 Å². The molecule has 98 valence electrons. The average Bonchev–Trinajstić information content (AvgIpc) is 2.88. The number of rotatable bonds is 5. The first kappa shape index (κ1) is 12.9. The van der Waals surface area contributed by atoms with Gasteiger partial charge in [0.05, 0.1) is 25.7 Å². The van der Waals surface area contributed by atoms with E-state index in [4.69, 9.17) is 9.84 Å². The maximum atomic E-state index is 11.9. The van der Waals surface area contributed by atoms with Crippen LogP contribution in [0.15, 0.2) is 30.3 Å². The van der Waals surface area contributed by atoms with E-state index in [0.29, 0.717) is 13.0 Å². The third kappa shape index (κ3) is 3.23. The van der Waals surface area contributed by atoms with Crippen LogP contribution in [-0.4, -0.2) is 41.7 Å². The second-order valence-electron chi connectivity index (χ2n) is 4.48. The fourth-order valence-electron chi connectivity index (χ4n) is 2.27. The molecule has 1 unspecified atom stereocenters. The number of hydrogen-bond donors (Lipinski definition) is 1. The molecule has 1 fully saturated rings. The number of aliphatic hydroxyl groups excluding tert-OH is 1. The van der Waals surface area contributed by atoms with Crippen LogP contribution in [0.1, 0.15) is 19.3 Å². The van der Waals surface area contributed by atoms with E-state index in [1.54, 1.807) is 4.90 Å². The van der Waals surface area contributed by atoms with Crippen LogP contribution in [-0.2, 0) is 4.79 Å². The molecule has 1 aliphatic rings. The highest BCUT2D eigenvalue weighted by atomic mass is 16.5. The molecule has 0 aromatic heterocycles. The predicted octanol–water partition coefficient (Wildman–Crippen LogP) is 1.44. The van der Waals surface area contributed by atoms with E-state index >= 15 is 0 Å². The van der Waals surface area contributed by atoms with Crippen molar-refractivity contribution in [3.05, 3.63) is 30.3 Å². The van der Waals surface area contributed by atoms with Crippen molar-refractivity contribution < 1.29 is 14.6 Å². The lowest BCUT2D eigenvalue weighted by Gasteiger charge is -2.22. The molecule has 2 rings (SSSR count). The van der Waals surface area contributed by atoms with Gasteiger partial charge >= 0.3 is 0 Å². The summed E-state index contributed by atoms with van der Waals surface area (Å²) in [5.74, 6) is 0.855. The molecular weight excluding hydrogens is 230 g/mol. The van der Waals surface area contributed by atoms with Crippen LogP contribution in [0.2, 0.25) is 0 Å². The summed E-state index contributed by atoms with van der Waals surface area (Å²) in [5, 5.41) is 9.16. The number of ether oxygens (including phenoxy) is 1. The summed E-state index contributed by atoms with van der Waals surface area (Å²) in [6.07, 6.45) is 2.25. The molecule has 0 spiro atoms. The first-order chi connectivity index (χ1) is 8.81. The molecule has 0 saturated carbocycles. The Labute approximate surface area is 107 Å². The van der Waals surface area contributed by atoms with Gasteiger partial charge in [0.2, 0.25) is 5.91 Å². The molecule has 1 aromatic carbocycles. The Kier molecular flexibility index (Phi) is 4.59. The van der Waals surface area contributed by atoms with Gasteiger partial charge < -0.3 is 14.7 Å². The summed E-state index contributed by atoms with van der Waals surface area (Å²) in [6, 6.07) is 9.48. The van der Waals surface area contributed by atoms with E-state index in [1.807, 2.05) is 30.3 Å². The van der Waals surface area contributed by atoms with E-state index in [2.05, 4.69) is 0 Å².